The number of aromatic nitrogens is 3. The third kappa shape index (κ3) is 3.68. The summed E-state index contributed by atoms with van der Waals surface area (Å²) in [5.74, 6) is 0. The van der Waals surface area contributed by atoms with Gasteiger partial charge >= 0.3 is 7.12 Å². The predicted octanol–water partition coefficient (Wildman–Crippen LogP) is 5.18. The van der Waals surface area contributed by atoms with E-state index < -0.39 is 24.7 Å². The minimum absolute atomic E-state index is 0.239. The first-order chi connectivity index (χ1) is 13.6. The summed E-state index contributed by atoms with van der Waals surface area (Å²) in [6.45, 7) is 8.02. The first-order valence-electron chi connectivity index (χ1n) is 9.03. The number of hydrogen-bond donors (Lipinski definition) is 0. The van der Waals surface area contributed by atoms with Gasteiger partial charge < -0.3 is 9.31 Å². The first kappa shape index (κ1) is 21.0. The summed E-state index contributed by atoms with van der Waals surface area (Å²) in [4.78, 5) is 8.52. The molecule has 3 aromatic heterocycles. The zero-order chi connectivity index (χ0) is 21.0. The van der Waals surface area contributed by atoms with Crippen LogP contribution in [0, 0.1) is 0 Å². The molecule has 4 heterocycles. The van der Waals surface area contributed by atoms with E-state index >= 15 is 0 Å². The van der Waals surface area contributed by atoms with E-state index in [1.54, 1.807) is 12.3 Å². The summed E-state index contributed by atoms with van der Waals surface area (Å²) in [6, 6.07) is 5.00. The summed E-state index contributed by atoms with van der Waals surface area (Å²) >= 11 is 2.18. The Morgan fingerprint density at radius 2 is 1.79 bits per heavy atom. The molecule has 1 fully saturated rings. The molecule has 0 aliphatic carbocycles. The van der Waals surface area contributed by atoms with Crippen LogP contribution in [0.2, 0.25) is 0 Å². The largest absolute Gasteiger partial charge is 0.496 e. The number of nitrogens with zero attached hydrogens (tertiary/aromatic N) is 3. The van der Waals surface area contributed by atoms with Crippen molar-refractivity contribution in [2.45, 2.75) is 45.3 Å². The van der Waals surface area contributed by atoms with Gasteiger partial charge in [0.1, 0.15) is 5.69 Å². The van der Waals surface area contributed by atoms with Crippen molar-refractivity contribution in [2.75, 3.05) is 0 Å². The highest BCUT2D eigenvalue weighted by atomic mass is 127. The van der Waals surface area contributed by atoms with E-state index in [0.717, 1.165) is 27.6 Å². The quantitative estimate of drug-likeness (QED) is 0.345. The summed E-state index contributed by atoms with van der Waals surface area (Å²) in [5, 5.41) is 0.882. The van der Waals surface area contributed by atoms with Gasteiger partial charge in [0, 0.05) is 70.9 Å². The van der Waals surface area contributed by atoms with Crippen LogP contribution in [-0.4, -0.2) is 32.3 Å². The second kappa shape index (κ2) is 7.47. The van der Waals surface area contributed by atoms with Gasteiger partial charge in [-0.2, -0.15) is 0 Å². The van der Waals surface area contributed by atoms with Crippen LogP contribution in [0.3, 0.4) is 0 Å². The molecule has 3 aromatic rings. The number of pyridine rings is 2. The summed E-state index contributed by atoms with van der Waals surface area (Å²) < 4.78 is 39.9. The topological polar surface area (TPSA) is 49.2 Å². The van der Waals surface area contributed by atoms with Crippen LogP contribution in [0.25, 0.3) is 22.2 Å². The van der Waals surface area contributed by atoms with Crippen molar-refractivity contribution in [1.82, 2.24) is 13.9 Å². The van der Waals surface area contributed by atoms with Gasteiger partial charge in [-0.1, -0.05) is 6.07 Å². The van der Waals surface area contributed by atoms with Crippen LogP contribution < -0.4 is 5.46 Å². The molecule has 10 heteroatoms. The second-order valence-electron chi connectivity index (χ2n) is 7.94. The minimum Gasteiger partial charge on any atom is -0.399 e. The Morgan fingerprint density at radius 3 is 2.34 bits per heavy atom. The van der Waals surface area contributed by atoms with Gasteiger partial charge in [0.15, 0.2) is 5.65 Å². The van der Waals surface area contributed by atoms with Crippen LogP contribution in [0.5, 0.6) is 0 Å². The molecular formula is C19H19BF2IN3O2S. The molecule has 0 spiro atoms. The zero-order valence-corrected chi connectivity index (χ0v) is 19.3. The van der Waals surface area contributed by atoms with E-state index in [9.17, 15) is 8.78 Å². The molecule has 0 saturated carbocycles. The molecule has 1 aliphatic rings. The molecule has 0 N–H and O–H groups in total. The van der Waals surface area contributed by atoms with Gasteiger partial charge in [0.2, 0.25) is 0 Å². The molecule has 29 heavy (non-hydrogen) atoms. The van der Waals surface area contributed by atoms with E-state index in [0.29, 0.717) is 0 Å². The summed E-state index contributed by atoms with van der Waals surface area (Å²) in [6.07, 6.45) is 2.57. The Kier molecular flexibility index (Phi) is 5.41. The van der Waals surface area contributed by atoms with Crippen molar-refractivity contribution in [3.05, 3.63) is 42.5 Å². The average Bonchev–Trinajstić information content (AvgIpc) is 3.15. The molecule has 1 aliphatic heterocycles. The lowest BCUT2D eigenvalue weighted by Crippen LogP contribution is -2.41. The van der Waals surface area contributed by atoms with Crippen LogP contribution in [0.15, 0.2) is 36.8 Å². The highest BCUT2D eigenvalue weighted by Crippen LogP contribution is 2.38. The fourth-order valence-electron chi connectivity index (χ4n) is 3.18. The monoisotopic (exact) mass is 529 g/mol. The van der Waals surface area contributed by atoms with Crippen LogP contribution in [0.4, 0.5) is 8.78 Å². The Hall–Kier alpha value is -1.24. The molecule has 0 radical (unpaired) electrons. The van der Waals surface area contributed by atoms with Crippen molar-refractivity contribution < 1.29 is 18.1 Å². The number of fused-ring (bicyclic) bond motifs is 1. The number of hydrogen-bond acceptors (Lipinski definition) is 5. The van der Waals surface area contributed by atoms with Crippen LogP contribution in [-0.2, 0) is 9.31 Å². The maximum absolute atomic E-state index is 12.9. The fraction of sp³-hybridized carbons (Fsp3) is 0.368. The number of halogens is 3. The molecule has 152 valence electrons. The highest BCUT2D eigenvalue weighted by molar-refractivity contribution is 14.2. The van der Waals surface area contributed by atoms with Gasteiger partial charge in [-0.25, -0.2) is 13.8 Å². The molecule has 1 saturated heterocycles. The van der Waals surface area contributed by atoms with Crippen molar-refractivity contribution in [2.24, 2.45) is 0 Å². The molecule has 0 atom stereocenters. The lowest BCUT2D eigenvalue weighted by Gasteiger charge is -2.32. The summed E-state index contributed by atoms with van der Waals surface area (Å²) in [5.41, 5.74) is 2.06. The Balaban J connectivity index is 1.79. The fourth-order valence-corrected chi connectivity index (χ4v) is 4.44. The first-order valence-corrected chi connectivity index (χ1v) is 12.3. The van der Waals surface area contributed by atoms with Crippen molar-refractivity contribution >= 4 is 53.9 Å². The third-order valence-electron chi connectivity index (χ3n) is 5.55. The zero-order valence-electron chi connectivity index (χ0n) is 16.3. The maximum atomic E-state index is 12.9. The van der Waals surface area contributed by atoms with E-state index in [4.69, 9.17) is 9.31 Å². The Morgan fingerprint density at radius 1 is 1.10 bits per heavy atom. The molecule has 4 rings (SSSR count). The van der Waals surface area contributed by atoms with Gasteiger partial charge in [0.05, 0.1) is 11.2 Å². The molecule has 5 nitrogen and oxygen atoms in total. The predicted molar refractivity (Wildman–Crippen MR) is 121 cm³/mol. The van der Waals surface area contributed by atoms with Crippen molar-refractivity contribution in [3.63, 3.8) is 0 Å². The van der Waals surface area contributed by atoms with Gasteiger partial charge in [-0.05, 0) is 39.8 Å². The van der Waals surface area contributed by atoms with Crippen molar-refractivity contribution in [1.29, 1.82) is 0 Å². The number of alkyl halides is 2. The van der Waals surface area contributed by atoms with Crippen LogP contribution >= 0.6 is 30.3 Å². The molecule has 0 amide bonds. The van der Waals surface area contributed by atoms with Crippen molar-refractivity contribution in [3.8, 4) is 11.1 Å². The summed E-state index contributed by atoms with van der Waals surface area (Å²) in [7, 11) is 0.953. The van der Waals surface area contributed by atoms with E-state index in [1.807, 2.05) is 43.9 Å². The number of rotatable bonds is 4. The minimum atomic E-state index is -2.59. The third-order valence-corrected chi connectivity index (χ3v) is 7.25. The van der Waals surface area contributed by atoms with Gasteiger partial charge in [0.25, 0.3) is 6.43 Å². The van der Waals surface area contributed by atoms with E-state index in [1.165, 1.54) is 21.4 Å². The molecule has 0 bridgehead atoms. The second-order valence-corrected chi connectivity index (χ2v) is 9.65. The van der Waals surface area contributed by atoms with E-state index in [-0.39, 0.29) is 5.69 Å². The van der Waals surface area contributed by atoms with E-state index in [2.05, 4.69) is 31.2 Å². The van der Waals surface area contributed by atoms with Gasteiger partial charge in [-0.15, -0.1) is 0 Å². The smallest absolute Gasteiger partial charge is 0.399 e. The Labute approximate surface area is 184 Å². The molecular weight excluding hydrogens is 510 g/mol. The maximum Gasteiger partial charge on any atom is 0.496 e. The average molecular weight is 529 g/mol. The lowest BCUT2D eigenvalue weighted by molar-refractivity contribution is 0.00578. The van der Waals surface area contributed by atoms with Crippen LogP contribution in [0.1, 0.15) is 39.8 Å². The molecule has 0 unspecified atom stereocenters. The van der Waals surface area contributed by atoms with Gasteiger partial charge in [-0.3, -0.25) is 8.96 Å². The normalized spacial score (nSPS) is 18.1. The SMILES string of the molecule is CC1(C)OB(c2cnc3c(c2)c(-c2ccc(C(F)F)nc2)cn3SI)OC1(C)C. The highest BCUT2D eigenvalue weighted by Gasteiger charge is 2.51. The molecule has 0 aromatic carbocycles. The lowest BCUT2D eigenvalue weighted by atomic mass is 9.79. The standard InChI is InChI=1S/C19H19BF2IN3O2S/c1-18(2)19(3,4)28-20(27-18)12-7-13-14(10-26(29-23)17(13)25-9-12)11-5-6-15(16(21)22)24-8-11/h5-10,16H,1-4H3. The Bertz CT molecular complexity index is 1040.